The van der Waals surface area contributed by atoms with Crippen LogP contribution in [0.15, 0.2) is 48.5 Å². The Labute approximate surface area is 136 Å². The van der Waals surface area contributed by atoms with E-state index in [1.165, 1.54) is 0 Å². The zero-order chi connectivity index (χ0) is 16.8. The Morgan fingerprint density at radius 3 is 2.26 bits per heavy atom. The van der Waals surface area contributed by atoms with Crippen LogP contribution >= 0.6 is 0 Å². The number of rotatable bonds is 4. The number of nitriles is 2. The first-order valence-corrected chi connectivity index (χ1v) is 7.35. The lowest BCUT2D eigenvalue weighted by Crippen LogP contribution is -2.36. The van der Waals surface area contributed by atoms with Crippen molar-refractivity contribution in [1.29, 1.82) is 10.5 Å². The number of amides is 1. The Morgan fingerprint density at radius 1 is 1.04 bits per heavy atom. The van der Waals surface area contributed by atoms with Crippen molar-refractivity contribution in [3.8, 4) is 12.1 Å². The van der Waals surface area contributed by atoms with Gasteiger partial charge in [-0.25, -0.2) is 0 Å². The van der Waals surface area contributed by atoms with Crippen molar-refractivity contribution < 1.29 is 4.79 Å². The predicted molar refractivity (Wildman–Crippen MR) is 87.3 cm³/mol. The molecule has 0 saturated heterocycles. The minimum atomic E-state index is -0.110. The second kappa shape index (κ2) is 7.24. The molecule has 0 spiro atoms. The van der Waals surface area contributed by atoms with E-state index in [2.05, 4.69) is 12.1 Å². The minimum absolute atomic E-state index is 0.0175. The summed E-state index contributed by atoms with van der Waals surface area (Å²) in [4.78, 5) is 14.5. The van der Waals surface area contributed by atoms with Crippen molar-refractivity contribution >= 4 is 5.91 Å². The molecule has 0 fully saturated rings. The van der Waals surface area contributed by atoms with Crippen LogP contribution in [0.5, 0.6) is 0 Å². The molecule has 0 N–H and O–H groups in total. The molecule has 4 nitrogen and oxygen atoms in total. The highest BCUT2D eigenvalue weighted by Crippen LogP contribution is 2.15. The molecule has 2 aromatic carbocycles. The van der Waals surface area contributed by atoms with Crippen LogP contribution in [0.1, 0.15) is 40.9 Å². The normalized spacial score (nSPS) is 9.96. The Hall–Kier alpha value is -3.11. The summed E-state index contributed by atoms with van der Waals surface area (Å²) >= 11 is 0. The molecule has 4 heteroatoms. The fourth-order valence-electron chi connectivity index (χ4n) is 2.26. The van der Waals surface area contributed by atoms with Gasteiger partial charge in [-0.1, -0.05) is 18.2 Å². The van der Waals surface area contributed by atoms with E-state index in [1.54, 1.807) is 41.3 Å². The number of nitrogens with zero attached hydrogens (tertiary/aromatic N) is 3. The summed E-state index contributed by atoms with van der Waals surface area (Å²) in [7, 11) is 0. The van der Waals surface area contributed by atoms with Gasteiger partial charge in [-0.3, -0.25) is 4.79 Å². The van der Waals surface area contributed by atoms with E-state index in [9.17, 15) is 4.79 Å². The molecule has 0 atom stereocenters. The van der Waals surface area contributed by atoms with Gasteiger partial charge in [0.1, 0.15) is 0 Å². The Morgan fingerprint density at radius 2 is 1.70 bits per heavy atom. The minimum Gasteiger partial charge on any atom is -0.332 e. The van der Waals surface area contributed by atoms with Crippen molar-refractivity contribution in [2.45, 2.75) is 26.4 Å². The molecule has 0 bridgehead atoms. The van der Waals surface area contributed by atoms with Gasteiger partial charge in [0.15, 0.2) is 0 Å². The molecule has 2 aromatic rings. The SMILES string of the molecule is CC(C)N(Cc1ccc(C#N)cc1)C(=O)c1cccc(C#N)c1. The predicted octanol–water partition coefficient (Wildman–Crippen LogP) is 3.48. The molecule has 0 aliphatic rings. The fraction of sp³-hybridized carbons (Fsp3) is 0.211. The maximum Gasteiger partial charge on any atom is 0.254 e. The molecule has 0 aliphatic carbocycles. The number of hydrogen-bond acceptors (Lipinski definition) is 3. The van der Waals surface area contributed by atoms with E-state index in [4.69, 9.17) is 10.5 Å². The summed E-state index contributed by atoms with van der Waals surface area (Å²) in [5.74, 6) is -0.110. The van der Waals surface area contributed by atoms with Crippen LogP contribution in [-0.4, -0.2) is 16.8 Å². The second-order valence-electron chi connectivity index (χ2n) is 5.53. The maximum absolute atomic E-state index is 12.7. The monoisotopic (exact) mass is 303 g/mol. The molecule has 114 valence electrons. The van der Waals surface area contributed by atoms with Gasteiger partial charge in [0.25, 0.3) is 5.91 Å². The van der Waals surface area contributed by atoms with Gasteiger partial charge in [0.2, 0.25) is 0 Å². The van der Waals surface area contributed by atoms with Crippen molar-refractivity contribution in [3.05, 3.63) is 70.8 Å². The maximum atomic E-state index is 12.7. The van der Waals surface area contributed by atoms with E-state index in [0.29, 0.717) is 23.2 Å². The number of carbonyl (C=O) groups excluding carboxylic acids is 1. The second-order valence-corrected chi connectivity index (χ2v) is 5.53. The van der Waals surface area contributed by atoms with Crippen LogP contribution in [-0.2, 0) is 6.54 Å². The summed E-state index contributed by atoms with van der Waals surface area (Å²) in [5, 5.41) is 17.8. The van der Waals surface area contributed by atoms with Crippen LogP contribution < -0.4 is 0 Å². The van der Waals surface area contributed by atoms with Crippen LogP contribution in [0.25, 0.3) is 0 Å². The van der Waals surface area contributed by atoms with Crippen molar-refractivity contribution in [2.75, 3.05) is 0 Å². The average Bonchev–Trinajstić information content (AvgIpc) is 2.59. The standard InChI is InChI=1S/C19H17N3O/c1-14(2)22(13-16-8-6-15(11-20)7-9-16)19(23)18-5-3-4-17(10-18)12-21/h3-10,14H,13H2,1-2H3. The highest BCUT2D eigenvalue weighted by molar-refractivity contribution is 5.94. The van der Waals surface area contributed by atoms with Crippen LogP contribution in [0, 0.1) is 22.7 Å². The summed E-state index contributed by atoms with van der Waals surface area (Å²) in [6.45, 7) is 4.37. The summed E-state index contributed by atoms with van der Waals surface area (Å²) in [6.07, 6.45) is 0. The van der Waals surface area contributed by atoms with Crippen molar-refractivity contribution in [1.82, 2.24) is 4.90 Å². The van der Waals surface area contributed by atoms with Gasteiger partial charge in [0.05, 0.1) is 23.3 Å². The van der Waals surface area contributed by atoms with Gasteiger partial charge in [0, 0.05) is 18.2 Å². The largest absolute Gasteiger partial charge is 0.332 e. The average molecular weight is 303 g/mol. The Kier molecular flexibility index (Phi) is 5.12. The van der Waals surface area contributed by atoms with E-state index in [-0.39, 0.29) is 11.9 Å². The molecule has 0 unspecified atom stereocenters. The summed E-state index contributed by atoms with van der Waals surface area (Å²) < 4.78 is 0. The number of benzene rings is 2. The smallest absolute Gasteiger partial charge is 0.254 e. The third kappa shape index (κ3) is 3.96. The first-order valence-electron chi connectivity index (χ1n) is 7.35. The van der Waals surface area contributed by atoms with Crippen molar-refractivity contribution in [2.24, 2.45) is 0 Å². The van der Waals surface area contributed by atoms with Gasteiger partial charge < -0.3 is 4.90 Å². The molecular formula is C19H17N3O. The summed E-state index contributed by atoms with van der Waals surface area (Å²) in [5.41, 5.74) is 2.53. The van der Waals surface area contributed by atoms with Gasteiger partial charge in [-0.2, -0.15) is 10.5 Å². The fourth-order valence-corrected chi connectivity index (χ4v) is 2.26. The van der Waals surface area contributed by atoms with Crippen LogP contribution in [0.4, 0.5) is 0 Å². The first kappa shape index (κ1) is 16.3. The number of carbonyl (C=O) groups is 1. The highest BCUT2D eigenvalue weighted by atomic mass is 16.2. The number of hydrogen-bond donors (Lipinski definition) is 0. The lowest BCUT2D eigenvalue weighted by molar-refractivity contribution is 0.0690. The highest BCUT2D eigenvalue weighted by Gasteiger charge is 2.19. The zero-order valence-electron chi connectivity index (χ0n) is 13.2. The Bertz CT molecular complexity index is 779. The Balaban J connectivity index is 2.25. The molecule has 0 heterocycles. The van der Waals surface area contributed by atoms with Gasteiger partial charge in [-0.15, -0.1) is 0 Å². The van der Waals surface area contributed by atoms with Gasteiger partial charge in [-0.05, 0) is 49.7 Å². The first-order chi connectivity index (χ1) is 11.0. The molecular weight excluding hydrogens is 286 g/mol. The third-order valence-corrected chi connectivity index (χ3v) is 3.56. The molecule has 23 heavy (non-hydrogen) atoms. The van der Waals surface area contributed by atoms with Gasteiger partial charge >= 0.3 is 0 Å². The van der Waals surface area contributed by atoms with E-state index in [0.717, 1.165) is 5.56 Å². The van der Waals surface area contributed by atoms with E-state index in [1.807, 2.05) is 26.0 Å². The molecule has 0 aliphatic heterocycles. The molecule has 1 amide bonds. The molecule has 2 rings (SSSR count). The third-order valence-electron chi connectivity index (χ3n) is 3.56. The zero-order valence-corrected chi connectivity index (χ0v) is 13.2. The van der Waals surface area contributed by atoms with Crippen LogP contribution in [0.2, 0.25) is 0 Å². The van der Waals surface area contributed by atoms with Crippen molar-refractivity contribution in [3.63, 3.8) is 0 Å². The summed E-state index contributed by atoms with van der Waals surface area (Å²) in [6, 6.07) is 18.1. The lowest BCUT2D eigenvalue weighted by atomic mass is 10.1. The molecule has 0 saturated carbocycles. The van der Waals surface area contributed by atoms with Crippen LogP contribution in [0.3, 0.4) is 0 Å². The quantitative estimate of drug-likeness (QED) is 0.868. The molecule has 0 radical (unpaired) electrons. The topological polar surface area (TPSA) is 67.9 Å². The molecule has 0 aromatic heterocycles. The lowest BCUT2D eigenvalue weighted by Gasteiger charge is -2.27. The van der Waals surface area contributed by atoms with E-state index < -0.39 is 0 Å². The van der Waals surface area contributed by atoms with E-state index >= 15 is 0 Å².